The molecule has 2 rings (SSSR count). The van der Waals surface area contributed by atoms with Gasteiger partial charge >= 0.3 is 0 Å². The molecule has 2 amide bonds. The van der Waals surface area contributed by atoms with Crippen LogP contribution < -0.4 is 10.6 Å². The molecule has 0 aliphatic heterocycles. The molecule has 128 valence electrons. The Labute approximate surface area is 152 Å². The summed E-state index contributed by atoms with van der Waals surface area (Å²) in [6.45, 7) is 0. The molecule has 0 bridgehead atoms. The van der Waals surface area contributed by atoms with Crippen LogP contribution in [0.15, 0.2) is 58.7 Å². The van der Waals surface area contributed by atoms with Crippen LogP contribution in [0.1, 0.15) is 15.9 Å². The molecule has 0 heterocycles. The summed E-state index contributed by atoms with van der Waals surface area (Å²) in [4.78, 5) is 34.4. The van der Waals surface area contributed by atoms with Gasteiger partial charge < -0.3 is 10.6 Å². The van der Waals surface area contributed by atoms with E-state index in [0.29, 0.717) is 0 Å². The average Bonchev–Trinajstić information content (AvgIpc) is 2.62. The molecule has 0 saturated heterocycles. The van der Waals surface area contributed by atoms with E-state index in [4.69, 9.17) is 0 Å². The van der Waals surface area contributed by atoms with Crippen LogP contribution in [0.4, 0.5) is 5.69 Å². The number of amides is 2. The molecule has 0 fully saturated rings. The molecular formula is C17H14BrN3O4. The second-order valence-electron chi connectivity index (χ2n) is 4.95. The summed E-state index contributed by atoms with van der Waals surface area (Å²) in [5.74, 6) is -1.000. The van der Waals surface area contributed by atoms with E-state index in [-0.39, 0.29) is 16.9 Å². The zero-order chi connectivity index (χ0) is 18.4. The number of non-ortho nitro benzene ring substituents is 1. The number of nitrogens with one attached hydrogen (secondary N) is 2. The van der Waals surface area contributed by atoms with Crippen molar-refractivity contribution >= 4 is 39.5 Å². The SMILES string of the molecule is CNC(=O)/C(=C/c1ccc(Br)cc1)NC(=O)c1ccc([N+](=O)[O-])cc1. The number of carbonyl (C=O) groups is 2. The Morgan fingerprint density at radius 1 is 1.08 bits per heavy atom. The highest BCUT2D eigenvalue weighted by atomic mass is 79.9. The molecule has 0 unspecified atom stereocenters. The van der Waals surface area contributed by atoms with E-state index in [1.165, 1.54) is 37.4 Å². The zero-order valence-corrected chi connectivity index (χ0v) is 14.7. The average molecular weight is 404 g/mol. The Bertz CT molecular complexity index is 830. The molecule has 2 N–H and O–H groups in total. The van der Waals surface area contributed by atoms with Gasteiger partial charge in [0.2, 0.25) is 0 Å². The molecule has 2 aromatic carbocycles. The maximum atomic E-state index is 12.3. The van der Waals surface area contributed by atoms with Crippen molar-refractivity contribution in [1.29, 1.82) is 0 Å². The zero-order valence-electron chi connectivity index (χ0n) is 13.2. The smallest absolute Gasteiger partial charge is 0.269 e. The Balaban J connectivity index is 2.24. The monoisotopic (exact) mass is 403 g/mol. The predicted molar refractivity (Wildman–Crippen MR) is 96.7 cm³/mol. The number of halogens is 1. The number of carbonyl (C=O) groups excluding carboxylic acids is 2. The first-order valence-electron chi connectivity index (χ1n) is 7.16. The number of hydrogen-bond acceptors (Lipinski definition) is 4. The van der Waals surface area contributed by atoms with Crippen molar-refractivity contribution in [2.24, 2.45) is 0 Å². The quantitative estimate of drug-likeness (QED) is 0.455. The summed E-state index contributed by atoms with van der Waals surface area (Å²) in [5.41, 5.74) is 0.878. The van der Waals surface area contributed by atoms with Gasteiger partial charge in [-0.2, -0.15) is 0 Å². The van der Waals surface area contributed by atoms with Crippen molar-refractivity contribution in [3.05, 3.63) is 79.9 Å². The minimum absolute atomic E-state index is 0.0631. The molecule has 0 saturated carbocycles. The van der Waals surface area contributed by atoms with Crippen LogP contribution in [-0.2, 0) is 4.79 Å². The maximum absolute atomic E-state index is 12.3. The van der Waals surface area contributed by atoms with Crippen LogP contribution in [0, 0.1) is 10.1 Å². The molecule has 0 atom stereocenters. The Morgan fingerprint density at radius 2 is 1.68 bits per heavy atom. The maximum Gasteiger partial charge on any atom is 0.269 e. The van der Waals surface area contributed by atoms with Crippen molar-refractivity contribution in [3.63, 3.8) is 0 Å². The lowest BCUT2D eigenvalue weighted by atomic mass is 10.1. The molecule has 2 aromatic rings. The number of rotatable bonds is 5. The lowest BCUT2D eigenvalue weighted by molar-refractivity contribution is -0.384. The predicted octanol–water partition coefficient (Wildman–Crippen LogP) is 2.87. The summed E-state index contributed by atoms with van der Waals surface area (Å²) < 4.78 is 0.890. The van der Waals surface area contributed by atoms with E-state index in [1.54, 1.807) is 12.1 Å². The van der Waals surface area contributed by atoms with Gasteiger partial charge in [-0.3, -0.25) is 19.7 Å². The minimum atomic E-state index is -0.551. The fraction of sp³-hybridized carbons (Fsp3) is 0.0588. The lowest BCUT2D eigenvalue weighted by Gasteiger charge is -2.09. The van der Waals surface area contributed by atoms with Crippen LogP contribution in [0.25, 0.3) is 6.08 Å². The Kier molecular flexibility index (Phi) is 6.02. The van der Waals surface area contributed by atoms with Gasteiger partial charge in [0, 0.05) is 29.2 Å². The first-order chi connectivity index (χ1) is 11.9. The van der Waals surface area contributed by atoms with Gasteiger partial charge in [0.1, 0.15) is 5.70 Å². The first-order valence-corrected chi connectivity index (χ1v) is 7.95. The van der Waals surface area contributed by atoms with Gasteiger partial charge in [0.05, 0.1) is 4.92 Å². The second kappa shape index (κ2) is 8.20. The molecule has 7 nitrogen and oxygen atoms in total. The van der Waals surface area contributed by atoms with E-state index in [0.717, 1.165) is 10.0 Å². The van der Waals surface area contributed by atoms with Gasteiger partial charge in [-0.05, 0) is 35.9 Å². The summed E-state index contributed by atoms with van der Waals surface area (Å²) in [5, 5.41) is 15.6. The molecule has 25 heavy (non-hydrogen) atoms. The number of nitrogens with zero attached hydrogens (tertiary/aromatic N) is 1. The van der Waals surface area contributed by atoms with Crippen LogP contribution in [0.2, 0.25) is 0 Å². The fourth-order valence-corrected chi connectivity index (χ4v) is 2.21. The molecule has 0 spiro atoms. The van der Waals surface area contributed by atoms with Crippen molar-refractivity contribution in [2.45, 2.75) is 0 Å². The molecule has 0 aliphatic rings. The van der Waals surface area contributed by atoms with Gasteiger partial charge in [-0.15, -0.1) is 0 Å². The van der Waals surface area contributed by atoms with Crippen molar-refractivity contribution < 1.29 is 14.5 Å². The summed E-state index contributed by atoms with van der Waals surface area (Å²) in [7, 11) is 1.45. The molecular weight excluding hydrogens is 390 g/mol. The van der Waals surface area contributed by atoms with Gasteiger partial charge in [-0.1, -0.05) is 28.1 Å². The van der Waals surface area contributed by atoms with E-state index in [2.05, 4.69) is 26.6 Å². The Morgan fingerprint density at radius 3 is 2.20 bits per heavy atom. The first kappa shape index (κ1) is 18.3. The van der Waals surface area contributed by atoms with Crippen LogP contribution in [0.3, 0.4) is 0 Å². The highest BCUT2D eigenvalue weighted by Gasteiger charge is 2.14. The molecule has 8 heteroatoms. The molecule has 0 radical (unpaired) electrons. The van der Waals surface area contributed by atoms with E-state index in [9.17, 15) is 19.7 Å². The largest absolute Gasteiger partial charge is 0.354 e. The second-order valence-corrected chi connectivity index (χ2v) is 5.86. The standard InChI is InChI=1S/C17H14BrN3O4/c1-19-17(23)15(10-11-2-6-13(18)7-3-11)20-16(22)12-4-8-14(9-5-12)21(24)25/h2-10H,1H3,(H,19,23)(H,20,22)/b15-10-. The number of hydrogen-bond donors (Lipinski definition) is 2. The fourth-order valence-electron chi connectivity index (χ4n) is 1.95. The normalized spacial score (nSPS) is 10.9. The number of nitro groups is 1. The third kappa shape index (κ3) is 4.98. The highest BCUT2D eigenvalue weighted by molar-refractivity contribution is 9.10. The third-order valence-electron chi connectivity index (χ3n) is 3.24. The molecule has 0 aromatic heterocycles. The van der Waals surface area contributed by atoms with E-state index in [1.807, 2.05) is 12.1 Å². The topological polar surface area (TPSA) is 101 Å². The molecule has 0 aliphatic carbocycles. The van der Waals surface area contributed by atoms with Gasteiger partial charge in [0.15, 0.2) is 0 Å². The summed E-state index contributed by atoms with van der Waals surface area (Å²) >= 11 is 3.32. The lowest BCUT2D eigenvalue weighted by Crippen LogP contribution is -2.33. The van der Waals surface area contributed by atoms with Crippen LogP contribution in [0.5, 0.6) is 0 Å². The van der Waals surface area contributed by atoms with Crippen molar-refractivity contribution in [1.82, 2.24) is 10.6 Å². The number of benzene rings is 2. The van der Waals surface area contributed by atoms with Crippen molar-refractivity contribution in [3.8, 4) is 0 Å². The van der Waals surface area contributed by atoms with Gasteiger partial charge in [-0.25, -0.2) is 0 Å². The number of nitro benzene ring substituents is 1. The minimum Gasteiger partial charge on any atom is -0.354 e. The van der Waals surface area contributed by atoms with E-state index >= 15 is 0 Å². The number of likely N-dealkylation sites (N-methyl/N-ethyl adjacent to an activating group) is 1. The van der Waals surface area contributed by atoms with Crippen LogP contribution in [-0.4, -0.2) is 23.8 Å². The van der Waals surface area contributed by atoms with Gasteiger partial charge in [0.25, 0.3) is 17.5 Å². The van der Waals surface area contributed by atoms with Crippen molar-refractivity contribution in [2.75, 3.05) is 7.05 Å². The Hall–Kier alpha value is -3.00. The van der Waals surface area contributed by atoms with E-state index < -0.39 is 16.7 Å². The third-order valence-corrected chi connectivity index (χ3v) is 3.77. The summed E-state index contributed by atoms with van der Waals surface area (Å²) in [6, 6.07) is 12.3. The summed E-state index contributed by atoms with van der Waals surface area (Å²) in [6.07, 6.45) is 1.54. The van der Waals surface area contributed by atoms with Crippen LogP contribution >= 0.6 is 15.9 Å². The highest BCUT2D eigenvalue weighted by Crippen LogP contribution is 2.14.